The fourth-order valence-electron chi connectivity index (χ4n) is 5.68. The highest BCUT2D eigenvalue weighted by atomic mass is 31.2. The molecule has 2 N–H and O–H groups in total. The number of hydrogen-bond donors (Lipinski definition) is 2. The number of phosphoric ester groups is 1. The molecular weight excluding hydrogens is 675 g/mol. The molecule has 0 radical (unpaired) electrons. The molecular formula is C43H77O8P. The van der Waals surface area contributed by atoms with E-state index in [1.165, 1.54) is 103 Å². The largest absolute Gasteiger partial charge is 0.469 e. The smallest absolute Gasteiger partial charge is 0.462 e. The number of ether oxygens (including phenoxy) is 2. The van der Waals surface area contributed by atoms with Crippen LogP contribution in [0.3, 0.4) is 0 Å². The van der Waals surface area contributed by atoms with Crippen LogP contribution >= 0.6 is 7.82 Å². The summed E-state index contributed by atoms with van der Waals surface area (Å²) in [6, 6.07) is 0. The molecule has 0 spiro atoms. The molecule has 0 rings (SSSR count). The maximum atomic E-state index is 12.4. The first kappa shape index (κ1) is 50.0. The van der Waals surface area contributed by atoms with Crippen LogP contribution in [0.15, 0.2) is 48.6 Å². The van der Waals surface area contributed by atoms with Crippen LogP contribution in [0.4, 0.5) is 0 Å². The van der Waals surface area contributed by atoms with Gasteiger partial charge in [0.15, 0.2) is 6.10 Å². The Kier molecular flexibility index (Phi) is 37.2. The zero-order valence-electron chi connectivity index (χ0n) is 33.2. The number of rotatable bonds is 38. The molecule has 0 saturated heterocycles. The van der Waals surface area contributed by atoms with Crippen molar-refractivity contribution < 1.29 is 37.9 Å². The molecule has 0 aliphatic heterocycles. The highest BCUT2D eigenvalue weighted by Crippen LogP contribution is 2.36. The van der Waals surface area contributed by atoms with E-state index in [4.69, 9.17) is 19.3 Å². The summed E-state index contributed by atoms with van der Waals surface area (Å²) in [4.78, 5) is 42.8. The van der Waals surface area contributed by atoms with Crippen LogP contribution in [-0.4, -0.2) is 41.0 Å². The molecule has 0 aromatic rings. The van der Waals surface area contributed by atoms with Gasteiger partial charge in [0.1, 0.15) is 6.61 Å². The third-order valence-electron chi connectivity index (χ3n) is 8.82. The fourth-order valence-corrected chi connectivity index (χ4v) is 6.04. The van der Waals surface area contributed by atoms with Crippen LogP contribution in [0, 0.1) is 0 Å². The van der Waals surface area contributed by atoms with E-state index in [0.29, 0.717) is 12.8 Å². The average Bonchev–Trinajstić information content (AvgIpc) is 3.11. The molecule has 0 bridgehead atoms. The van der Waals surface area contributed by atoms with E-state index in [-0.39, 0.29) is 19.4 Å². The molecule has 8 nitrogen and oxygen atoms in total. The first-order valence-corrected chi connectivity index (χ1v) is 22.5. The maximum absolute atomic E-state index is 12.4. The van der Waals surface area contributed by atoms with E-state index in [0.717, 1.165) is 51.4 Å². The first-order valence-electron chi connectivity index (χ1n) is 20.9. The van der Waals surface area contributed by atoms with Crippen LogP contribution in [0.2, 0.25) is 0 Å². The molecule has 0 fully saturated rings. The van der Waals surface area contributed by atoms with Crippen molar-refractivity contribution in [1.29, 1.82) is 0 Å². The van der Waals surface area contributed by atoms with Crippen LogP contribution < -0.4 is 0 Å². The van der Waals surface area contributed by atoms with Crippen molar-refractivity contribution in [3.05, 3.63) is 48.6 Å². The minimum atomic E-state index is -4.77. The molecule has 0 amide bonds. The lowest BCUT2D eigenvalue weighted by Gasteiger charge is -2.18. The van der Waals surface area contributed by atoms with Crippen LogP contribution in [0.5, 0.6) is 0 Å². The van der Waals surface area contributed by atoms with E-state index in [9.17, 15) is 14.2 Å². The number of hydrogen-bond acceptors (Lipinski definition) is 6. The van der Waals surface area contributed by atoms with Gasteiger partial charge < -0.3 is 19.3 Å². The Bertz CT molecular complexity index is 984. The van der Waals surface area contributed by atoms with Gasteiger partial charge in [-0.2, -0.15) is 0 Å². The van der Waals surface area contributed by atoms with E-state index in [2.05, 4.69) is 60.9 Å². The van der Waals surface area contributed by atoms with Gasteiger partial charge in [-0.1, -0.05) is 159 Å². The fraction of sp³-hybridized carbons (Fsp3) is 0.767. The molecule has 0 saturated carbocycles. The minimum absolute atomic E-state index is 0.194. The van der Waals surface area contributed by atoms with Gasteiger partial charge in [-0.25, -0.2) is 4.57 Å². The van der Waals surface area contributed by atoms with Crippen LogP contribution in [-0.2, 0) is 28.2 Å². The van der Waals surface area contributed by atoms with E-state index in [1.807, 2.05) is 6.08 Å². The third-order valence-corrected chi connectivity index (χ3v) is 9.31. The normalized spacial score (nSPS) is 12.9. The highest BCUT2D eigenvalue weighted by molar-refractivity contribution is 7.46. The van der Waals surface area contributed by atoms with Crippen molar-refractivity contribution in [2.45, 2.75) is 200 Å². The molecule has 0 aliphatic carbocycles. The summed E-state index contributed by atoms with van der Waals surface area (Å²) in [5.74, 6) is -0.950. The molecule has 0 aromatic carbocycles. The predicted molar refractivity (Wildman–Crippen MR) is 216 cm³/mol. The second kappa shape index (κ2) is 38.7. The Morgan fingerprint density at radius 2 is 0.885 bits per heavy atom. The minimum Gasteiger partial charge on any atom is -0.462 e. The summed E-state index contributed by atoms with van der Waals surface area (Å²) in [7, 11) is -4.77. The summed E-state index contributed by atoms with van der Waals surface area (Å²) >= 11 is 0. The van der Waals surface area contributed by atoms with E-state index < -0.39 is 32.5 Å². The van der Waals surface area contributed by atoms with Crippen LogP contribution in [0.25, 0.3) is 0 Å². The number of allylic oxidation sites excluding steroid dienone is 8. The van der Waals surface area contributed by atoms with Gasteiger partial charge in [0, 0.05) is 12.8 Å². The monoisotopic (exact) mass is 753 g/mol. The second-order valence-electron chi connectivity index (χ2n) is 14.0. The lowest BCUT2D eigenvalue weighted by Crippen LogP contribution is -2.29. The molecule has 302 valence electrons. The van der Waals surface area contributed by atoms with Crippen LogP contribution in [0.1, 0.15) is 194 Å². The Morgan fingerprint density at radius 1 is 0.500 bits per heavy atom. The Balaban J connectivity index is 4.01. The Morgan fingerprint density at radius 3 is 1.37 bits per heavy atom. The Labute approximate surface area is 318 Å². The van der Waals surface area contributed by atoms with Gasteiger partial charge in [0.25, 0.3) is 0 Å². The molecule has 0 heterocycles. The summed E-state index contributed by atoms with van der Waals surface area (Å²) in [6.07, 6.45) is 46.9. The van der Waals surface area contributed by atoms with Crippen molar-refractivity contribution in [1.82, 2.24) is 0 Å². The van der Waals surface area contributed by atoms with Crippen molar-refractivity contribution in [3.8, 4) is 0 Å². The first-order chi connectivity index (χ1) is 25.3. The average molecular weight is 753 g/mol. The zero-order chi connectivity index (χ0) is 38.2. The summed E-state index contributed by atoms with van der Waals surface area (Å²) in [6.45, 7) is 3.63. The lowest BCUT2D eigenvalue weighted by atomic mass is 10.1. The van der Waals surface area contributed by atoms with Crippen molar-refractivity contribution in [2.75, 3.05) is 13.2 Å². The molecule has 1 atom stereocenters. The molecule has 52 heavy (non-hydrogen) atoms. The molecule has 9 heteroatoms. The van der Waals surface area contributed by atoms with E-state index in [1.54, 1.807) is 0 Å². The number of esters is 2. The highest BCUT2D eigenvalue weighted by Gasteiger charge is 2.22. The number of unbranched alkanes of at least 4 members (excludes halogenated alkanes) is 20. The quantitative estimate of drug-likeness (QED) is 0.0277. The SMILES string of the molecule is CCCCCCCC/C=C\C/C=C\C/C=C\CCCC(=O)OC[C@H](COP(=O)(O)O)OC(=O)CCCCCCCCC/C=C\CCCCCCCC. The van der Waals surface area contributed by atoms with Gasteiger partial charge in [0.2, 0.25) is 0 Å². The van der Waals surface area contributed by atoms with Crippen molar-refractivity contribution in [3.63, 3.8) is 0 Å². The predicted octanol–water partition coefficient (Wildman–Crippen LogP) is 12.7. The van der Waals surface area contributed by atoms with E-state index >= 15 is 0 Å². The standard InChI is InChI=1S/C43H77O8P/c1-3-5-7-9-11-13-15-17-19-21-23-25-27-29-31-33-35-37-42(44)49-39-41(40-50-52(46,47)48)51-43(45)38-36-34-32-30-28-26-24-22-20-18-16-14-12-10-8-6-4-2/h17-20,23,25,29,31,41H,3-16,21-22,24,26-28,30,32-40H2,1-2H3,(H2,46,47,48)/b19-17-,20-18-,25-23-,31-29-/t41-/m1/s1. The summed E-state index contributed by atoms with van der Waals surface area (Å²) < 4.78 is 26.3. The summed E-state index contributed by atoms with van der Waals surface area (Å²) in [5, 5.41) is 0. The second-order valence-corrected chi connectivity index (χ2v) is 15.2. The Hall–Kier alpha value is -1.99. The van der Waals surface area contributed by atoms with Crippen molar-refractivity contribution in [2.24, 2.45) is 0 Å². The number of carbonyl (C=O) groups excluding carboxylic acids is 2. The maximum Gasteiger partial charge on any atom is 0.469 e. The third kappa shape index (κ3) is 40.8. The zero-order valence-corrected chi connectivity index (χ0v) is 34.1. The summed E-state index contributed by atoms with van der Waals surface area (Å²) in [5.41, 5.74) is 0. The molecule has 0 aromatic heterocycles. The topological polar surface area (TPSA) is 119 Å². The van der Waals surface area contributed by atoms with Gasteiger partial charge in [-0.3, -0.25) is 14.1 Å². The van der Waals surface area contributed by atoms with Crippen molar-refractivity contribution >= 4 is 19.8 Å². The molecule has 0 aliphatic rings. The number of carbonyl (C=O) groups is 2. The lowest BCUT2D eigenvalue weighted by molar-refractivity contribution is -0.161. The number of phosphoric acid groups is 1. The van der Waals surface area contributed by atoms with Gasteiger partial charge >= 0.3 is 19.8 Å². The van der Waals surface area contributed by atoms with Gasteiger partial charge in [0.05, 0.1) is 6.61 Å². The molecule has 0 unspecified atom stereocenters. The van der Waals surface area contributed by atoms with Gasteiger partial charge in [-0.15, -0.1) is 0 Å². The van der Waals surface area contributed by atoms with Gasteiger partial charge in [-0.05, 0) is 70.6 Å².